The number of hydrogen-bond acceptors (Lipinski definition) is 7. The maximum Gasteiger partial charge on any atom is 0.339 e. The van der Waals surface area contributed by atoms with E-state index in [2.05, 4.69) is 10.6 Å². The third-order valence-electron chi connectivity index (χ3n) is 4.74. The van der Waals surface area contributed by atoms with Gasteiger partial charge in [0.1, 0.15) is 4.90 Å². The molecule has 0 aliphatic carbocycles. The summed E-state index contributed by atoms with van der Waals surface area (Å²) in [6.45, 7) is 3.70. The largest absolute Gasteiger partial charge is 0.380 e. The van der Waals surface area contributed by atoms with E-state index in [-0.39, 0.29) is 33.5 Å². The molecule has 2 N–H and O–H groups in total. The summed E-state index contributed by atoms with van der Waals surface area (Å²) in [5.41, 5.74) is 1.11. The zero-order valence-electron chi connectivity index (χ0n) is 19.2. The molecule has 3 rings (SSSR count). The summed E-state index contributed by atoms with van der Waals surface area (Å²) < 4.78 is 60.1. The summed E-state index contributed by atoms with van der Waals surface area (Å²) in [5.74, 6) is -0.273. The first-order chi connectivity index (χ1) is 16.6. The van der Waals surface area contributed by atoms with Crippen LogP contribution < -0.4 is 19.0 Å². The third-order valence-corrected chi connectivity index (χ3v) is 7.21. The molecule has 3 aromatic carbocycles. The van der Waals surface area contributed by atoms with E-state index in [9.17, 15) is 21.6 Å². The molecule has 35 heavy (non-hydrogen) atoms. The lowest BCUT2D eigenvalue weighted by Crippen LogP contribution is -2.22. The third kappa shape index (κ3) is 7.46. The van der Waals surface area contributed by atoms with E-state index < -0.39 is 26.3 Å². The highest BCUT2D eigenvalue weighted by atomic mass is 32.2. The molecule has 0 spiro atoms. The Morgan fingerprint density at radius 2 is 1.29 bits per heavy atom. The van der Waals surface area contributed by atoms with Crippen LogP contribution in [0.15, 0.2) is 77.7 Å². The van der Waals surface area contributed by atoms with E-state index in [0.717, 1.165) is 5.56 Å². The summed E-state index contributed by atoms with van der Waals surface area (Å²) in [6.07, 6.45) is 1.13. The van der Waals surface area contributed by atoms with E-state index in [1.807, 2.05) is 13.8 Å². The summed E-state index contributed by atoms with van der Waals surface area (Å²) in [4.78, 5) is 12.6. The SMILES string of the molecule is CCCCS(=O)(=O)Oc1ccccc1NC(=O)Nc1ccccc1OS(=O)(=O)c1ccc(C)cc1. The zero-order valence-corrected chi connectivity index (χ0v) is 20.9. The monoisotopic (exact) mass is 518 g/mol. The molecule has 0 atom stereocenters. The highest BCUT2D eigenvalue weighted by Gasteiger charge is 2.20. The zero-order chi connectivity index (χ0) is 25.5. The lowest BCUT2D eigenvalue weighted by atomic mass is 10.2. The van der Waals surface area contributed by atoms with Crippen LogP contribution in [-0.2, 0) is 20.2 Å². The quantitative estimate of drug-likeness (QED) is 0.365. The van der Waals surface area contributed by atoms with Gasteiger partial charge in [-0.2, -0.15) is 16.8 Å². The van der Waals surface area contributed by atoms with Crippen molar-refractivity contribution in [3.05, 3.63) is 78.4 Å². The van der Waals surface area contributed by atoms with Gasteiger partial charge in [0.05, 0.1) is 17.1 Å². The molecule has 0 aliphatic heterocycles. The van der Waals surface area contributed by atoms with Gasteiger partial charge in [-0.05, 0) is 49.7 Å². The Kier molecular flexibility index (Phi) is 8.36. The molecule has 0 aromatic heterocycles. The topological polar surface area (TPSA) is 128 Å². The average Bonchev–Trinajstić information content (AvgIpc) is 2.80. The number of amides is 2. The normalized spacial score (nSPS) is 11.5. The first-order valence-corrected chi connectivity index (χ1v) is 13.8. The first-order valence-electron chi connectivity index (χ1n) is 10.8. The van der Waals surface area contributed by atoms with Crippen LogP contribution in [0.1, 0.15) is 25.3 Å². The van der Waals surface area contributed by atoms with Gasteiger partial charge in [0.25, 0.3) is 0 Å². The second kappa shape index (κ2) is 11.2. The highest BCUT2D eigenvalue weighted by Crippen LogP contribution is 2.29. The number of rotatable bonds is 10. The van der Waals surface area contributed by atoms with Gasteiger partial charge in [0.2, 0.25) is 0 Å². The van der Waals surface area contributed by atoms with Crippen molar-refractivity contribution in [1.29, 1.82) is 0 Å². The van der Waals surface area contributed by atoms with Crippen molar-refractivity contribution in [1.82, 2.24) is 0 Å². The molecule has 2 amide bonds. The minimum atomic E-state index is -4.14. The second-order valence-corrected chi connectivity index (χ2v) is 10.9. The maximum absolute atomic E-state index is 12.7. The number of nitrogens with one attached hydrogen (secondary N) is 2. The van der Waals surface area contributed by atoms with Crippen molar-refractivity contribution in [3.63, 3.8) is 0 Å². The van der Waals surface area contributed by atoms with Crippen LogP contribution in [0.25, 0.3) is 0 Å². The number of carbonyl (C=O) groups is 1. The van der Waals surface area contributed by atoms with Gasteiger partial charge < -0.3 is 19.0 Å². The molecular weight excluding hydrogens is 492 g/mol. The maximum atomic E-state index is 12.7. The Morgan fingerprint density at radius 3 is 1.83 bits per heavy atom. The Morgan fingerprint density at radius 1 is 0.771 bits per heavy atom. The van der Waals surface area contributed by atoms with Crippen molar-refractivity contribution in [2.75, 3.05) is 16.4 Å². The van der Waals surface area contributed by atoms with Crippen LogP contribution >= 0.6 is 0 Å². The molecule has 0 radical (unpaired) electrons. The number of carbonyl (C=O) groups excluding carboxylic acids is 1. The van der Waals surface area contributed by atoms with Gasteiger partial charge in [0.15, 0.2) is 11.5 Å². The fourth-order valence-electron chi connectivity index (χ4n) is 2.93. The predicted molar refractivity (Wildman–Crippen MR) is 134 cm³/mol. The molecule has 0 bridgehead atoms. The molecule has 0 saturated heterocycles. The average molecular weight is 519 g/mol. The van der Waals surface area contributed by atoms with E-state index in [1.54, 1.807) is 36.4 Å². The number of hydrogen-bond donors (Lipinski definition) is 2. The fraction of sp³-hybridized carbons (Fsp3) is 0.208. The van der Waals surface area contributed by atoms with Crippen molar-refractivity contribution >= 4 is 37.6 Å². The number of aryl methyl sites for hydroxylation is 1. The lowest BCUT2D eigenvalue weighted by molar-refractivity contribution is 0.262. The molecular formula is C24H26N2O7S2. The van der Waals surface area contributed by atoms with E-state index in [1.165, 1.54) is 36.4 Å². The molecule has 9 nitrogen and oxygen atoms in total. The summed E-state index contributed by atoms with van der Waals surface area (Å²) in [5, 5.41) is 5.04. The van der Waals surface area contributed by atoms with Crippen molar-refractivity contribution in [2.45, 2.75) is 31.6 Å². The number of para-hydroxylation sites is 4. The Hall–Kier alpha value is -3.57. The van der Waals surface area contributed by atoms with Crippen LogP contribution in [-0.4, -0.2) is 28.6 Å². The minimum Gasteiger partial charge on any atom is -0.380 e. The number of unbranched alkanes of at least 4 members (excludes halogenated alkanes) is 1. The highest BCUT2D eigenvalue weighted by molar-refractivity contribution is 7.87. The van der Waals surface area contributed by atoms with Gasteiger partial charge in [-0.1, -0.05) is 55.3 Å². The Labute approximate surface area is 205 Å². The molecule has 11 heteroatoms. The van der Waals surface area contributed by atoms with Crippen LogP contribution in [0.5, 0.6) is 11.5 Å². The standard InChI is InChI=1S/C24H26N2O7S2/c1-3-4-17-34(28,29)32-22-11-7-5-9-20(22)25-24(27)26-21-10-6-8-12-23(21)33-35(30,31)19-15-13-18(2)14-16-19/h5-16H,3-4,17H2,1-2H3,(H2,25,26,27). The van der Waals surface area contributed by atoms with E-state index in [4.69, 9.17) is 8.37 Å². The number of anilines is 2. The number of urea groups is 1. The first kappa shape index (κ1) is 26.0. The van der Waals surface area contributed by atoms with Crippen molar-refractivity contribution in [2.24, 2.45) is 0 Å². The van der Waals surface area contributed by atoms with Gasteiger partial charge in [-0.3, -0.25) is 0 Å². The fourth-order valence-corrected chi connectivity index (χ4v) is 5.02. The Balaban J connectivity index is 1.75. The molecule has 3 aromatic rings. The van der Waals surface area contributed by atoms with Gasteiger partial charge >= 0.3 is 26.3 Å². The Bertz CT molecular complexity index is 1390. The second-order valence-electron chi connectivity index (χ2n) is 7.62. The van der Waals surface area contributed by atoms with Crippen molar-refractivity contribution < 1.29 is 30.0 Å². The van der Waals surface area contributed by atoms with Crippen LogP contribution in [0.2, 0.25) is 0 Å². The van der Waals surface area contributed by atoms with Crippen LogP contribution in [0.3, 0.4) is 0 Å². The molecule has 186 valence electrons. The predicted octanol–water partition coefficient (Wildman–Crippen LogP) is 4.92. The van der Waals surface area contributed by atoms with E-state index >= 15 is 0 Å². The minimum absolute atomic E-state index is 0.0299. The summed E-state index contributed by atoms with van der Waals surface area (Å²) >= 11 is 0. The molecule has 0 fully saturated rings. The lowest BCUT2D eigenvalue weighted by Gasteiger charge is -2.15. The van der Waals surface area contributed by atoms with Gasteiger partial charge in [0, 0.05) is 0 Å². The smallest absolute Gasteiger partial charge is 0.339 e. The van der Waals surface area contributed by atoms with Gasteiger partial charge in [-0.15, -0.1) is 0 Å². The van der Waals surface area contributed by atoms with Crippen LogP contribution in [0, 0.1) is 6.92 Å². The molecule has 0 saturated carbocycles. The molecule has 0 unspecified atom stereocenters. The summed E-state index contributed by atoms with van der Waals surface area (Å²) in [6, 6.07) is 17.5. The van der Waals surface area contributed by atoms with Gasteiger partial charge in [-0.25, -0.2) is 4.79 Å². The number of benzene rings is 3. The summed E-state index contributed by atoms with van der Waals surface area (Å²) in [7, 11) is -7.97. The van der Waals surface area contributed by atoms with Crippen LogP contribution in [0.4, 0.5) is 16.2 Å². The molecule has 0 heterocycles. The molecule has 0 aliphatic rings. The van der Waals surface area contributed by atoms with E-state index in [0.29, 0.717) is 12.8 Å². The van der Waals surface area contributed by atoms with Crippen molar-refractivity contribution in [3.8, 4) is 11.5 Å².